The van der Waals surface area contributed by atoms with Gasteiger partial charge < -0.3 is 0 Å². The largest absolute Gasteiger partial charge is 0.299 e. The van der Waals surface area contributed by atoms with Gasteiger partial charge in [-0.05, 0) is 54.0 Å². The Bertz CT molecular complexity index is 501. The third-order valence-electron chi connectivity index (χ3n) is 3.23. The number of nitrogens with one attached hydrogen (secondary N) is 1. The molecular formula is C11H17BrN2O2S2. The van der Waals surface area contributed by atoms with Crippen LogP contribution in [0, 0.1) is 0 Å². The van der Waals surface area contributed by atoms with Gasteiger partial charge in [-0.15, -0.1) is 11.3 Å². The summed E-state index contributed by atoms with van der Waals surface area (Å²) in [5.41, 5.74) is 0. The van der Waals surface area contributed by atoms with Gasteiger partial charge in [-0.3, -0.25) is 4.90 Å². The van der Waals surface area contributed by atoms with Crippen LogP contribution in [-0.4, -0.2) is 39.0 Å². The summed E-state index contributed by atoms with van der Waals surface area (Å²) < 4.78 is 28.0. The molecule has 0 spiro atoms. The summed E-state index contributed by atoms with van der Waals surface area (Å²) in [4.78, 5) is 2.33. The average molecular weight is 353 g/mol. The molecule has 1 aromatic rings. The molecule has 0 radical (unpaired) electrons. The molecule has 7 heteroatoms. The fourth-order valence-electron chi connectivity index (χ4n) is 2.26. The van der Waals surface area contributed by atoms with E-state index >= 15 is 0 Å². The predicted molar refractivity (Wildman–Crippen MR) is 77.5 cm³/mol. The van der Waals surface area contributed by atoms with Crippen molar-refractivity contribution >= 4 is 37.3 Å². The SMILES string of the molecule is CCN1CCCC1CNS(=O)(=O)c1ccc(Br)s1. The van der Waals surface area contributed by atoms with E-state index in [1.807, 2.05) is 0 Å². The van der Waals surface area contributed by atoms with Crippen molar-refractivity contribution in [3.8, 4) is 0 Å². The van der Waals surface area contributed by atoms with Crippen LogP contribution >= 0.6 is 27.3 Å². The second-order valence-corrected chi connectivity index (χ2v) is 8.79. The van der Waals surface area contributed by atoms with Crippen LogP contribution in [0.15, 0.2) is 20.1 Å². The molecule has 1 aromatic heterocycles. The minimum absolute atomic E-state index is 0.341. The van der Waals surface area contributed by atoms with Gasteiger partial charge in [0.1, 0.15) is 4.21 Å². The van der Waals surface area contributed by atoms with Crippen LogP contribution in [0.3, 0.4) is 0 Å². The topological polar surface area (TPSA) is 49.4 Å². The van der Waals surface area contributed by atoms with Gasteiger partial charge >= 0.3 is 0 Å². The van der Waals surface area contributed by atoms with Crippen molar-refractivity contribution in [2.75, 3.05) is 19.6 Å². The van der Waals surface area contributed by atoms with E-state index < -0.39 is 10.0 Å². The molecular weight excluding hydrogens is 336 g/mol. The standard InChI is InChI=1S/C11H17BrN2O2S2/c1-2-14-7-3-4-9(14)8-13-18(15,16)11-6-5-10(12)17-11/h5-6,9,13H,2-4,7-8H2,1H3. The van der Waals surface area contributed by atoms with E-state index in [4.69, 9.17) is 0 Å². The van der Waals surface area contributed by atoms with Crippen molar-refractivity contribution < 1.29 is 8.42 Å². The molecule has 1 aliphatic heterocycles. The molecule has 1 fully saturated rings. The first kappa shape index (κ1) is 14.5. The first-order chi connectivity index (χ1) is 8.53. The average Bonchev–Trinajstić information content (AvgIpc) is 2.94. The molecule has 1 unspecified atom stereocenters. The quantitative estimate of drug-likeness (QED) is 0.884. The summed E-state index contributed by atoms with van der Waals surface area (Å²) in [6.45, 7) is 4.68. The minimum Gasteiger partial charge on any atom is -0.299 e. The molecule has 0 aromatic carbocycles. The Morgan fingerprint density at radius 2 is 2.33 bits per heavy atom. The Morgan fingerprint density at radius 3 is 2.94 bits per heavy atom. The zero-order valence-corrected chi connectivity index (χ0v) is 13.4. The highest BCUT2D eigenvalue weighted by atomic mass is 79.9. The van der Waals surface area contributed by atoms with Crippen LogP contribution in [0.4, 0.5) is 0 Å². The molecule has 18 heavy (non-hydrogen) atoms. The van der Waals surface area contributed by atoms with Gasteiger partial charge in [-0.1, -0.05) is 6.92 Å². The summed E-state index contributed by atoms with van der Waals surface area (Å²) >= 11 is 4.52. The van der Waals surface area contributed by atoms with Crippen molar-refractivity contribution in [1.29, 1.82) is 0 Å². The monoisotopic (exact) mass is 352 g/mol. The maximum absolute atomic E-state index is 12.1. The second-order valence-electron chi connectivity index (χ2n) is 4.34. The number of rotatable bonds is 5. The summed E-state index contributed by atoms with van der Waals surface area (Å²) in [6.07, 6.45) is 2.23. The number of nitrogens with zero attached hydrogens (tertiary/aromatic N) is 1. The van der Waals surface area contributed by atoms with Crippen molar-refractivity contribution in [3.05, 3.63) is 15.9 Å². The lowest BCUT2D eigenvalue weighted by Gasteiger charge is -2.22. The van der Waals surface area contributed by atoms with Crippen LogP contribution in [0.2, 0.25) is 0 Å². The van der Waals surface area contributed by atoms with Gasteiger partial charge in [0.2, 0.25) is 10.0 Å². The molecule has 4 nitrogen and oxygen atoms in total. The zero-order chi connectivity index (χ0) is 13.2. The maximum atomic E-state index is 12.1. The van der Waals surface area contributed by atoms with Gasteiger partial charge in [0.05, 0.1) is 3.79 Å². The van der Waals surface area contributed by atoms with Gasteiger partial charge in [-0.25, -0.2) is 13.1 Å². The van der Waals surface area contributed by atoms with E-state index in [2.05, 4.69) is 32.5 Å². The highest BCUT2D eigenvalue weighted by Crippen LogP contribution is 2.26. The number of hydrogen-bond donors (Lipinski definition) is 1. The van der Waals surface area contributed by atoms with Crippen molar-refractivity contribution in [2.45, 2.75) is 30.0 Å². The summed E-state index contributed by atoms with van der Waals surface area (Å²) in [6, 6.07) is 3.73. The number of likely N-dealkylation sites (tertiary alicyclic amines) is 1. The van der Waals surface area contributed by atoms with Crippen LogP contribution in [-0.2, 0) is 10.0 Å². The minimum atomic E-state index is -3.35. The molecule has 2 rings (SSSR count). The van der Waals surface area contributed by atoms with Gasteiger partial charge in [0.15, 0.2) is 0 Å². The van der Waals surface area contributed by atoms with Crippen molar-refractivity contribution in [3.63, 3.8) is 0 Å². The lowest BCUT2D eigenvalue weighted by atomic mass is 10.2. The molecule has 0 aliphatic carbocycles. The lowest BCUT2D eigenvalue weighted by molar-refractivity contribution is 0.268. The third-order valence-corrected chi connectivity index (χ3v) is 6.77. The highest BCUT2D eigenvalue weighted by molar-refractivity contribution is 9.11. The molecule has 1 saturated heterocycles. The molecule has 102 valence electrons. The summed E-state index contributed by atoms with van der Waals surface area (Å²) in [5, 5.41) is 0. The summed E-state index contributed by atoms with van der Waals surface area (Å²) in [7, 11) is -3.35. The first-order valence-corrected chi connectivity index (χ1v) is 9.11. The van der Waals surface area contributed by atoms with E-state index in [1.54, 1.807) is 12.1 Å². The molecule has 0 amide bonds. The number of sulfonamides is 1. The Hall–Kier alpha value is 0.0500. The van der Waals surface area contributed by atoms with E-state index in [0.717, 1.165) is 29.7 Å². The number of hydrogen-bond acceptors (Lipinski definition) is 4. The molecule has 1 aliphatic rings. The Labute approximate surface area is 121 Å². The second kappa shape index (κ2) is 6.00. The van der Waals surface area contributed by atoms with Gasteiger partial charge in [0.25, 0.3) is 0 Å². The van der Waals surface area contributed by atoms with E-state index in [1.165, 1.54) is 11.3 Å². The Morgan fingerprint density at radius 1 is 1.56 bits per heavy atom. The number of likely N-dealkylation sites (N-methyl/N-ethyl adjacent to an activating group) is 1. The summed E-state index contributed by atoms with van der Waals surface area (Å²) in [5.74, 6) is 0. The number of thiophene rings is 1. The van der Waals surface area contributed by atoms with Gasteiger partial charge in [0, 0.05) is 12.6 Å². The third kappa shape index (κ3) is 3.33. The van der Waals surface area contributed by atoms with E-state index in [0.29, 0.717) is 16.8 Å². The van der Waals surface area contributed by atoms with Crippen molar-refractivity contribution in [1.82, 2.24) is 9.62 Å². The van der Waals surface area contributed by atoms with Crippen LogP contribution < -0.4 is 4.72 Å². The van der Waals surface area contributed by atoms with Crippen molar-refractivity contribution in [2.24, 2.45) is 0 Å². The normalized spacial score (nSPS) is 21.6. The van der Waals surface area contributed by atoms with Crippen LogP contribution in [0.1, 0.15) is 19.8 Å². The Balaban J connectivity index is 1.97. The smallest absolute Gasteiger partial charge is 0.250 e. The van der Waals surface area contributed by atoms with E-state index in [9.17, 15) is 8.42 Å². The molecule has 1 atom stereocenters. The molecule has 1 N–H and O–H groups in total. The van der Waals surface area contributed by atoms with Crippen LogP contribution in [0.25, 0.3) is 0 Å². The fourth-order valence-corrected chi connectivity index (χ4v) is 5.39. The first-order valence-electron chi connectivity index (χ1n) is 6.02. The molecule has 0 bridgehead atoms. The van der Waals surface area contributed by atoms with Gasteiger partial charge in [-0.2, -0.15) is 0 Å². The molecule has 0 saturated carbocycles. The predicted octanol–water partition coefficient (Wildman–Crippen LogP) is 2.27. The number of halogens is 1. The fraction of sp³-hybridized carbons (Fsp3) is 0.636. The zero-order valence-electron chi connectivity index (χ0n) is 10.2. The highest BCUT2D eigenvalue weighted by Gasteiger charge is 2.25. The molecule has 2 heterocycles. The maximum Gasteiger partial charge on any atom is 0.250 e. The Kier molecular flexibility index (Phi) is 4.82. The van der Waals surface area contributed by atoms with E-state index in [-0.39, 0.29) is 0 Å². The lowest BCUT2D eigenvalue weighted by Crippen LogP contribution is -2.39. The van der Waals surface area contributed by atoms with Crippen LogP contribution in [0.5, 0.6) is 0 Å².